The fourth-order valence-electron chi connectivity index (χ4n) is 1.20. The van der Waals surface area contributed by atoms with Crippen LogP contribution in [-0.2, 0) is 16.3 Å². The highest BCUT2D eigenvalue weighted by molar-refractivity contribution is 7.91. The Morgan fingerprint density at radius 2 is 2.07 bits per heavy atom. The van der Waals surface area contributed by atoms with Crippen molar-refractivity contribution in [2.75, 3.05) is 12.4 Å². The summed E-state index contributed by atoms with van der Waals surface area (Å²) in [5.41, 5.74) is 0.990. The minimum Gasteiger partial charge on any atom is -0.395 e. The molecule has 0 amide bonds. The van der Waals surface area contributed by atoms with Gasteiger partial charge >= 0.3 is 0 Å². The molecule has 0 aliphatic rings. The number of aliphatic hydroxyl groups is 1. The van der Waals surface area contributed by atoms with Crippen LogP contribution in [0.15, 0.2) is 29.2 Å². The fraction of sp³-hybridized carbons (Fsp3) is 0.400. The number of hydrogen-bond acceptors (Lipinski definition) is 3. The molecule has 0 unspecified atom stereocenters. The number of sulfone groups is 1. The summed E-state index contributed by atoms with van der Waals surface area (Å²) in [4.78, 5) is 0.297. The first kappa shape index (κ1) is 11.2. The standard InChI is InChI=1S/C10H14O3S/c1-2-9-4-3-5-10(8-9)14(12,13)7-6-11/h3-5,8,11H,2,6-7H2,1H3. The zero-order chi connectivity index (χ0) is 10.6. The van der Waals surface area contributed by atoms with Gasteiger partial charge in [-0.15, -0.1) is 0 Å². The average Bonchev–Trinajstić information content (AvgIpc) is 2.18. The number of hydrogen-bond donors (Lipinski definition) is 1. The van der Waals surface area contributed by atoms with Gasteiger partial charge in [0, 0.05) is 0 Å². The molecule has 4 heteroatoms. The summed E-state index contributed by atoms with van der Waals surface area (Å²) in [6.07, 6.45) is 0.808. The lowest BCUT2D eigenvalue weighted by Gasteiger charge is -2.03. The summed E-state index contributed by atoms with van der Waals surface area (Å²) in [6, 6.07) is 6.83. The summed E-state index contributed by atoms with van der Waals surface area (Å²) in [5.74, 6) is -0.208. The van der Waals surface area contributed by atoms with Crippen LogP contribution in [0.25, 0.3) is 0 Å². The quantitative estimate of drug-likeness (QED) is 0.814. The number of aliphatic hydroxyl groups excluding tert-OH is 1. The third-order valence-electron chi connectivity index (χ3n) is 2.03. The van der Waals surface area contributed by atoms with E-state index in [9.17, 15) is 8.42 Å². The topological polar surface area (TPSA) is 54.4 Å². The van der Waals surface area contributed by atoms with Crippen molar-refractivity contribution in [3.8, 4) is 0 Å². The van der Waals surface area contributed by atoms with Crippen molar-refractivity contribution < 1.29 is 13.5 Å². The number of benzene rings is 1. The predicted molar refractivity (Wildman–Crippen MR) is 55.0 cm³/mol. The van der Waals surface area contributed by atoms with Crippen LogP contribution in [-0.4, -0.2) is 25.9 Å². The normalized spacial score (nSPS) is 11.6. The molecule has 78 valence electrons. The Balaban J connectivity index is 3.07. The van der Waals surface area contributed by atoms with Crippen molar-refractivity contribution in [3.63, 3.8) is 0 Å². The number of rotatable bonds is 4. The largest absolute Gasteiger partial charge is 0.395 e. The molecule has 0 radical (unpaired) electrons. The van der Waals surface area contributed by atoms with Gasteiger partial charge in [0.15, 0.2) is 9.84 Å². The molecule has 0 saturated heterocycles. The molecule has 1 aromatic carbocycles. The maximum atomic E-state index is 11.5. The van der Waals surface area contributed by atoms with Crippen LogP contribution in [0.4, 0.5) is 0 Å². The second-order valence-electron chi connectivity index (χ2n) is 3.04. The molecule has 1 aromatic rings. The molecule has 0 saturated carbocycles. The van der Waals surface area contributed by atoms with E-state index in [1.165, 1.54) is 0 Å². The van der Waals surface area contributed by atoms with E-state index >= 15 is 0 Å². The van der Waals surface area contributed by atoms with Crippen molar-refractivity contribution in [3.05, 3.63) is 29.8 Å². The summed E-state index contributed by atoms with van der Waals surface area (Å²) >= 11 is 0. The van der Waals surface area contributed by atoms with Gasteiger partial charge in [0.25, 0.3) is 0 Å². The minimum atomic E-state index is -3.29. The summed E-state index contributed by atoms with van der Waals surface area (Å²) < 4.78 is 23.1. The molecule has 0 spiro atoms. The molecule has 1 rings (SSSR count). The first-order valence-corrected chi connectivity index (χ1v) is 6.18. The van der Waals surface area contributed by atoms with Gasteiger partial charge in [-0.25, -0.2) is 8.42 Å². The van der Waals surface area contributed by atoms with Crippen molar-refractivity contribution >= 4 is 9.84 Å². The second-order valence-corrected chi connectivity index (χ2v) is 5.15. The summed E-state index contributed by atoms with van der Waals surface area (Å²) in [6.45, 7) is 1.64. The van der Waals surface area contributed by atoms with Gasteiger partial charge in [-0.3, -0.25) is 0 Å². The third kappa shape index (κ3) is 2.56. The molecule has 0 fully saturated rings. The maximum Gasteiger partial charge on any atom is 0.180 e. The van der Waals surface area contributed by atoms with Gasteiger partial charge in [0.2, 0.25) is 0 Å². The molecule has 0 bridgehead atoms. The van der Waals surface area contributed by atoms with Crippen molar-refractivity contribution in [1.82, 2.24) is 0 Å². The Bertz CT molecular complexity index is 396. The van der Waals surface area contributed by atoms with Gasteiger partial charge in [-0.05, 0) is 24.1 Å². The lowest BCUT2D eigenvalue weighted by molar-refractivity contribution is 0.319. The van der Waals surface area contributed by atoms with Crippen LogP contribution in [0, 0.1) is 0 Å². The highest BCUT2D eigenvalue weighted by atomic mass is 32.2. The van der Waals surface area contributed by atoms with Gasteiger partial charge < -0.3 is 5.11 Å². The molecular weight excluding hydrogens is 200 g/mol. The Morgan fingerprint density at radius 1 is 1.36 bits per heavy atom. The van der Waals surface area contributed by atoms with Crippen molar-refractivity contribution in [2.24, 2.45) is 0 Å². The maximum absolute atomic E-state index is 11.5. The number of aryl methyl sites for hydroxylation is 1. The molecule has 0 aromatic heterocycles. The smallest absolute Gasteiger partial charge is 0.180 e. The van der Waals surface area contributed by atoms with Gasteiger partial charge in [-0.1, -0.05) is 19.1 Å². The van der Waals surface area contributed by atoms with Crippen LogP contribution in [0.2, 0.25) is 0 Å². The van der Waals surface area contributed by atoms with Crippen LogP contribution in [0.5, 0.6) is 0 Å². The molecule has 0 aliphatic carbocycles. The predicted octanol–water partition coefficient (Wildman–Crippen LogP) is 1.02. The summed E-state index contributed by atoms with van der Waals surface area (Å²) in [7, 11) is -3.29. The van der Waals surface area contributed by atoms with E-state index in [0.29, 0.717) is 4.90 Å². The molecule has 0 atom stereocenters. The third-order valence-corrected chi connectivity index (χ3v) is 3.72. The molecule has 1 N–H and O–H groups in total. The molecule has 14 heavy (non-hydrogen) atoms. The van der Waals surface area contributed by atoms with Crippen LogP contribution in [0.3, 0.4) is 0 Å². The molecule has 0 aliphatic heterocycles. The average molecular weight is 214 g/mol. The Morgan fingerprint density at radius 3 is 2.64 bits per heavy atom. The second kappa shape index (κ2) is 4.57. The lowest BCUT2D eigenvalue weighted by Crippen LogP contribution is -2.10. The Labute approximate surface area is 84.3 Å². The molecule has 0 heterocycles. The molecular formula is C10H14O3S. The highest BCUT2D eigenvalue weighted by Crippen LogP contribution is 2.13. The zero-order valence-corrected chi connectivity index (χ0v) is 8.92. The monoisotopic (exact) mass is 214 g/mol. The van der Waals surface area contributed by atoms with Crippen LogP contribution >= 0.6 is 0 Å². The Kier molecular flexibility index (Phi) is 3.66. The van der Waals surface area contributed by atoms with Gasteiger partial charge in [-0.2, -0.15) is 0 Å². The van der Waals surface area contributed by atoms with Gasteiger partial charge in [0.1, 0.15) is 0 Å². The van der Waals surface area contributed by atoms with Crippen molar-refractivity contribution in [1.29, 1.82) is 0 Å². The first-order chi connectivity index (χ1) is 6.60. The lowest BCUT2D eigenvalue weighted by atomic mass is 10.2. The van der Waals surface area contributed by atoms with E-state index in [1.54, 1.807) is 18.2 Å². The Hall–Kier alpha value is -0.870. The van der Waals surface area contributed by atoms with Gasteiger partial charge in [0.05, 0.1) is 17.3 Å². The van der Waals surface area contributed by atoms with E-state index in [0.717, 1.165) is 12.0 Å². The van der Waals surface area contributed by atoms with Crippen LogP contribution < -0.4 is 0 Å². The van der Waals surface area contributed by atoms with E-state index in [2.05, 4.69) is 0 Å². The van der Waals surface area contributed by atoms with E-state index in [-0.39, 0.29) is 12.4 Å². The zero-order valence-electron chi connectivity index (χ0n) is 8.10. The van der Waals surface area contributed by atoms with Crippen molar-refractivity contribution in [2.45, 2.75) is 18.2 Å². The highest BCUT2D eigenvalue weighted by Gasteiger charge is 2.13. The van der Waals surface area contributed by atoms with E-state index in [4.69, 9.17) is 5.11 Å². The summed E-state index contributed by atoms with van der Waals surface area (Å²) in [5, 5.41) is 8.61. The SMILES string of the molecule is CCc1cccc(S(=O)(=O)CCO)c1. The minimum absolute atomic E-state index is 0.208. The molecule has 3 nitrogen and oxygen atoms in total. The van der Waals surface area contributed by atoms with E-state index in [1.807, 2.05) is 13.0 Å². The van der Waals surface area contributed by atoms with E-state index < -0.39 is 9.84 Å². The first-order valence-electron chi connectivity index (χ1n) is 4.52. The fourth-order valence-corrected chi connectivity index (χ4v) is 2.29. The van der Waals surface area contributed by atoms with Crippen LogP contribution in [0.1, 0.15) is 12.5 Å².